The van der Waals surface area contributed by atoms with E-state index in [1.807, 2.05) is 81.4 Å². The van der Waals surface area contributed by atoms with Crippen molar-refractivity contribution in [2.45, 2.75) is 102 Å². The highest BCUT2D eigenvalue weighted by molar-refractivity contribution is 5.95. The zero-order valence-electron chi connectivity index (χ0n) is 33.9. The molecule has 57 heavy (non-hydrogen) atoms. The highest BCUT2D eigenvalue weighted by atomic mass is 16.5. The summed E-state index contributed by atoms with van der Waals surface area (Å²) in [6.07, 6.45) is 2.58. The van der Waals surface area contributed by atoms with Gasteiger partial charge in [0.25, 0.3) is 0 Å². The molecule has 1 aliphatic rings. The van der Waals surface area contributed by atoms with E-state index in [-0.39, 0.29) is 57.0 Å². The Morgan fingerprint density at radius 2 is 1.33 bits per heavy atom. The van der Waals surface area contributed by atoms with Crippen molar-refractivity contribution in [3.63, 3.8) is 0 Å². The molecule has 316 valence electrons. The molecule has 0 radical (unpaired) electrons. The van der Waals surface area contributed by atoms with Crippen LogP contribution >= 0.6 is 0 Å². The molecule has 0 aromatic heterocycles. The number of ether oxygens (including phenoxy) is 2. The monoisotopic (exact) mass is 795 g/mol. The first-order valence-electron chi connectivity index (χ1n) is 20.3. The lowest BCUT2D eigenvalue weighted by Crippen LogP contribution is -2.62. The first-order chi connectivity index (χ1) is 27.4. The van der Waals surface area contributed by atoms with Gasteiger partial charge in [0.05, 0.1) is 25.9 Å². The molecule has 0 spiro atoms. The van der Waals surface area contributed by atoms with Crippen molar-refractivity contribution in [3.05, 3.63) is 71.8 Å². The van der Waals surface area contributed by atoms with Gasteiger partial charge in [0, 0.05) is 32.7 Å². The van der Waals surface area contributed by atoms with Gasteiger partial charge in [0.15, 0.2) is 0 Å². The van der Waals surface area contributed by atoms with Crippen molar-refractivity contribution in [2.24, 2.45) is 17.4 Å². The first kappa shape index (κ1) is 47.0. The number of carboxylic acid groups (broad SMARTS) is 1. The van der Waals surface area contributed by atoms with Gasteiger partial charge < -0.3 is 46.9 Å². The van der Waals surface area contributed by atoms with E-state index >= 15 is 0 Å². The van der Waals surface area contributed by atoms with Crippen molar-refractivity contribution in [3.8, 4) is 0 Å². The van der Waals surface area contributed by atoms with Gasteiger partial charge in [0.1, 0.15) is 23.7 Å². The Morgan fingerprint density at radius 3 is 1.91 bits per heavy atom. The maximum atomic E-state index is 14.0. The van der Waals surface area contributed by atoms with Crippen molar-refractivity contribution in [1.29, 1.82) is 0 Å². The SMILES string of the molecule is CCOCCOCCNC1(C(=O)O)CCN(C(=O)[C@@H](CCCCN)NC(=O)[C@@H](CC(C)C)NC(=O)[C@@H](Cc2ccccc2)NC(=O)[C@H](N)Cc2ccccc2)CC1. The fourth-order valence-corrected chi connectivity index (χ4v) is 6.82. The zero-order valence-corrected chi connectivity index (χ0v) is 33.9. The first-order valence-corrected chi connectivity index (χ1v) is 20.3. The number of carbonyl (C=O) groups is 5. The van der Waals surface area contributed by atoms with Crippen molar-refractivity contribution in [2.75, 3.05) is 52.6 Å². The Hall–Kier alpha value is -4.41. The van der Waals surface area contributed by atoms with Crippen LogP contribution in [0.1, 0.15) is 70.4 Å². The molecule has 1 fully saturated rings. The van der Waals surface area contributed by atoms with E-state index in [1.54, 1.807) is 4.90 Å². The molecule has 9 N–H and O–H groups in total. The molecule has 2 aromatic carbocycles. The number of hydrogen-bond donors (Lipinski definition) is 7. The topological polar surface area (TPSA) is 227 Å². The molecule has 1 saturated heterocycles. The van der Waals surface area contributed by atoms with Crippen LogP contribution in [0, 0.1) is 5.92 Å². The normalized spacial score (nSPS) is 15.9. The number of carbonyl (C=O) groups excluding carboxylic acids is 4. The lowest BCUT2D eigenvalue weighted by molar-refractivity contribution is -0.150. The van der Waals surface area contributed by atoms with Crippen LogP contribution in [0.4, 0.5) is 0 Å². The standard InChI is InChI=1S/C42H65N7O8/c1-4-56-25-26-57-24-21-45-42(41(54)55)18-22-49(23-19-42)40(53)34(17-11-12-20-43)46-38(51)35(27-30(2)3)48-39(52)36(29-32-15-9-6-10-16-32)47-37(50)33(44)28-31-13-7-5-8-14-31/h5-10,13-16,30,33-36,45H,4,11-12,17-29,43-44H2,1-3H3,(H,46,51)(H,47,50)(H,48,52)(H,54,55)/t33-,34-,35-,36-/m1/s1. The van der Waals surface area contributed by atoms with E-state index in [0.717, 1.165) is 11.1 Å². The van der Waals surface area contributed by atoms with Crippen LogP contribution in [0.3, 0.4) is 0 Å². The fraction of sp³-hybridized carbons (Fsp3) is 0.595. The Balaban J connectivity index is 1.72. The molecule has 0 bridgehead atoms. The van der Waals surface area contributed by atoms with Gasteiger partial charge in [-0.05, 0) is 75.5 Å². The number of nitrogens with zero attached hydrogens (tertiary/aromatic N) is 1. The summed E-state index contributed by atoms with van der Waals surface area (Å²) in [6.45, 7) is 8.60. The molecule has 15 heteroatoms. The molecule has 15 nitrogen and oxygen atoms in total. The van der Waals surface area contributed by atoms with Crippen molar-refractivity contribution >= 4 is 29.6 Å². The third kappa shape index (κ3) is 16.2. The van der Waals surface area contributed by atoms with E-state index in [9.17, 15) is 29.1 Å². The van der Waals surface area contributed by atoms with Crippen molar-refractivity contribution in [1.82, 2.24) is 26.2 Å². The number of likely N-dealkylation sites (tertiary alicyclic amines) is 1. The average Bonchev–Trinajstić information content (AvgIpc) is 3.20. The molecule has 4 amide bonds. The quantitative estimate of drug-likeness (QED) is 0.0676. The van der Waals surface area contributed by atoms with Crippen LogP contribution in [-0.2, 0) is 46.3 Å². The molecular formula is C42H65N7O8. The Morgan fingerprint density at radius 1 is 0.772 bits per heavy atom. The highest BCUT2D eigenvalue weighted by Crippen LogP contribution is 2.24. The number of unbranched alkanes of at least 4 members (excludes halogenated alkanes) is 1. The van der Waals surface area contributed by atoms with E-state index in [4.69, 9.17) is 20.9 Å². The Bertz CT molecular complexity index is 1520. The molecule has 1 aliphatic heterocycles. The second-order valence-corrected chi connectivity index (χ2v) is 15.0. The van der Waals surface area contributed by atoms with Crippen LogP contribution in [0.15, 0.2) is 60.7 Å². The third-order valence-electron chi connectivity index (χ3n) is 10.1. The number of amides is 4. The number of rotatable bonds is 26. The van der Waals surface area contributed by atoms with Gasteiger partial charge >= 0.3 is 5.97 Å². The lowest BCUT2D eigenvalue weighted by Gasteiger charge is -2.40. The van der Waals surface area contributed by atoms with Gasteiger partial charge in [-0.15, -0.1) is 0 Å². The molecule has 0 aliphatic carbocycles. The minimum atomic E-state index is -1.22. The largest absolute Gasteiger partial charge is 0.480 e. The molecular weight excluding hydrogens is 731 g/mol. The van der Waals surface area contributed by atoms with Gasteiger partial charge in [-0.3, -0.25) is 29.3 Å². The fourth-order valence-electron chi connectivity index (χ4n) is 6.82. The molecule has 1 heterocycles. The molecule has 0 saturated carbocycles. The molecule has 0 unspecified atom stereocenters. The summed E-state index contributed by atoms with van der Waals surface area (Å²) >= 11 is 0. The average molecular weight is 796 g/mol. The maximum absolute atomic E-state index is 14.0. The van der Waals surface area contributed by atoms with Crippen molar-refractivity contribution < 1.29 is 38.6 Å². The van der Waals surface area contributed by atoms with Gasteiger partial charge in [0.2, 0.25) is 23.6 Å². The number of carboxylic acids is 1. The van der Waals surface area contributed by atoms with Crippen LogP contribution < -0.4 is 32.7 Å². The summed E-state index contributed by atoms with van der Waals surface area (Å²) in [5, 5.41) is 21.9. The van der Waals surface area contributed by atoms with E-state index in [2.05, 4.69) is 21.3 Å². The minimum absolute atomic E-state index is 0.0114. The smallest absolute Gasteiger partial charge is 0.324 e. The summed E-state index contributed by atoms with van der Waals surface area (Å²) in [6, 6.07) is 14.7. The summed E-state index contributed by atoms with van der Waals surface area (Å²) in [5.74, 6) is -2.92. The third-order valence-corrected chi connectivity index (χ3v) is 10.1. The second kappa shape index (κ2) is 25.1. The van der Waals surface area contributed by atoms with Crippen LogP contribution in [0.25, 0.3) is 0 Å². The Kier molecular flexibility index (Phi) is 20.6. The van der Waals surface area contributed by atoms with E-state index < -0.39 is 53.4 Å². The number of nitrogens with two attached hydrogens (primary N) is 2. The molecule has 4 atom stereocenters. The summed E-state index contributed by atoms with van der Waals surface area (Å²) in [7, 11) is 0. The summed E-state index contributed by atoms with van der Waals surface area (Å²) in [5.41, 5.74) is 12.5. The number of benzene rings is 2. The predicted octanol–water partition coefficient (Wildman–Crippen LogP) is 1.52. The maximum Gasteiger partial charge on any atom is 0.324 e. The number of hydrogen-bond acceptors (Lipinski definition) is 10. The lowest BCUT2D eigenvalue weighted by atomic mass is 9.87. The number of aliphatic carboxylic acids is 1. The number of piperidine rings is 1. The van der Waals surface area contributed by atoms with Gasteiger partial charge in [-0.1, -0.05) is 74.5 Å². The molecule has 2 aromatic rings. The molecule has 3 rings (SSSR count). The summed E-state index contributed by atoms with van der Waals surface area (Å²) in [4.78, 5) is 69.4. The second-order valence-electron chi connectivity index (χ2n) is 15.0. The predicted molar refractivity (Wildman–Crippen MR) is 218 cm³/mol. The van der Waals surface area contributed by atoms with E-state index in [1.165, 1.54) is 0 Å². The van der Waals surface area contributed by atoms with Crippen LogP contribution in [0.5, 0.6) is 0 Å². The minimum Gasteiger partial charge on any atom is -0.480 e. The Labute approximate surface area is 337 Å². The van der Waals surface area contributed by atoms with Gasteiger partial charge in [-0.2, -0.15) is 0 Å². The summed E-state index contributed by atoms with van der Waals surface area (Å²) < 4.78 is 10.8. The van der Waals surface area contributed by atoms with E-state index in [0.29, 0.717) is 58.8 Å². The van der Waals surface area contributed by atoms with Crippen LogP contribution in [0.2, 0.25) is 0 Å². The number of nitrogens with one attached hydrogen (secondary N) is 4. The van der Waals surface area contributed by atoms with Crippen LogP contribution in [-0.4, -0.2) is 122 Å². The highest BCUT2D eigenvalue weighted by Gasteiger charge is 2.43. The zero-order chi connectivity index (χ0) is 41.6. The van der Waals surface area contributed by atoms with Gasteiger partial charge in [-0.25, -0.2) is 0 Å².